The number of likely N-dealkylation sites (N-methyl/N-ethyl adjacent to an activating group) is 1. The van der Waals surface area contributed by atoms with Gasteiger partial charge in [-0.2, -0.15) is 0 Å². The van der Waals surface area contributed by atoms with Crippen LogP contribution in [-0.2, 0) is 4.79 Å². The number of rotatable bonds is 10. The van der Waals surface area contributed by atoms with E-state index in [1.165, 1.54) is 19.3 Å². The lowest BCUT2D eigenvalue weighted by molar-refractivity contribution is -0.122. The minimum absolute atomic E-state index is 0.187. The summed E-state index contributed by atoms with van der Waals surface area (Å²) in [6.07, 6.45) is 4.65. The molecule has 0 aliphatic heterocycles. The first-order chi connectivity index (χ1) is 11.1. The van der Waals surface area contributed by atoms with Crippen molar-refractivity contribution in [1.82, 2.24) is 10.6 Å². The maximum absolute atomic E-state index is 12.1. The molecule has 1 atom stereocenters. The van der Waals surface area contributed by atoms with Crippen LogP contribution in [0.3, 0.4) is 0 Å². The van der Waals surface area contributed by atoms with Gasteiger partial charge in [-0.05, 0) is 44.5 Å². The van der Waals surface area contributed by atoms with E-state index in [0.717, 1.165) is 12.2 Å². The summed E-state index contributed by atoms with van der Waals surface area (Å²) < 4.78 is 5.64. The third-order valence-electron chi connectivity index (χ3n) is 3.48. The van der Waals surface area contributed by atoms with Gasteiger partial charge in [-0.25, -0.2) is 0 Å². The Morgan fingerprint density at radius 3 is 2.39 bits per heavy atom. The number of hydrogen-bond donors (Lipinski definition) is 2. The first kappa shape index (κ1) is 19.0. The Morgan fingerprint density at radius 2 is 1.78 bits per heavy atom. The number of carbonyl (C=O) groups excluding carboxylic acids is 2. The molecule has 23 heavy (non-hydrogen) atoms. The van der Waals surface area contributed by atoms with Crippen molar-refractivity contribution in [2.45, 2.75) is 52.5 Å². The molecule has 0 aliphatic rings. The topological polar surface area (TPSA) is 67.4 Å². The van der Waals surface area contributed by atoms with Gasteiger partial charge in [0.1, 0.15) is 11.8 Å². The lowest BCUT2D eigenvalue weighted by Crippen LogP contribution is -2.44. The molecule has 5 nitrogen and oxygen atoms in total. The number of hydrogen-bond acceptors (Lipinski definition) is 3. The molecule has 1 aromatic rings. The summed E-state index contributed by atoms with van der Waals surface area (Å²) in [6, 6.07) is 6.43. The molecule has 0 aliphatic carbocycles. The number of amides is 2. The van der Waals surface area contributed by atoms with Gasteiger partial charge in [0.05, 0.1) is 6.61 Å². The molecule has 0 radical (unpaired) electrons. The standard InChI is InChI=1S/C18H28N2O3/c1-4-6-7-8-13-23-16-11-9-15(10-12-16)18(22)20-14(3)17(21)19-5-2/h9-12,14H,4-8,13H2,1-3H3,(H,19,21)(H,20,22)/t14-/m1/s1. The predicted molar refractivity (Wildman–Crippen MR) is 91.7 cm³/mol. The highest BCUT2D eigenvalue weighted by Crippen LogP contribution is 2.13. The van der Waals surface area contributed by atoms with Gasteiger partial charge < -0.3 is 15.4 Å². The van der Waals surface area contributed by atoms with Crippen molar-refractivity contribution in [3.63, 3.8) is 0 Å². The zero-order valence-corrected chi connectivity index (χ0v) is 14.4. The van der Waals surface area contributed by atoms with Crippen molar-refractivity contribution in [2.24, 2.45) is 0 Å². The monoisotopic (exact) mass is 320 g/mol. The molecule has 0 saturated heterocycles. The van der Waals surface area contributed by atoms with E-state index < -0.39 is 6.04 Å². The maximum atomic E-state index is 12.1. The molecular weight excluding hydrogens is 292 g/mol. The van der Waals surface area contributed by atoms with Crippen molar-refractivity contribution in [3.05, 3.63) is 29.8 Å². The molecule has 0 heterocycles. The van der Waals surface area contributed by atoms with E-state index in [0.29, 0.717) is 18.7 Å². The molecule has 1 rings (SSSR count). The molecule has 0 spiro atoms. The molecule has 2 N–H and O–H groups in total. The zero-order valence-electron chi connectivity index (χ0n) is 14.4. The Morgan fingerprint density at radius 1 is 1.09 bits per heavy atom. The lowest BCUT2D eigenvalue weighted by atomic mass is 10.2. The van der Waals surface area contributed by atoms with Gasteiger partial charge in [0.25, 0.3) is 5.91 Å². The third kappa shape index (κ3) is 7.17. The quantitative estimate of drug-likeness (QED) is 0.651. The summed E-state index contributed by atoms with van der Waals surface area (Å²) in [4.78, 5) is 23.7. The molecule has 0 unspecified atom stereocenters. The van der Waals surface area contributed by atoms with Crippen LogP contribution in [0.4, 0.5) is 0 Å². The van der Waals surface area contributed by atoms with Gasteiger partial charge in [-0.15, -0.1) is 0 Å². The van der Waals surface area contributed by atoms with E-state index in [2.05, 4.69) is 17.6 Å². The second-order valence-electron chi connectivity index (χ2n) is 5.52. The van der Waals surface area contributed by atoms with E-state index in [-0.39, 0.29) is 11.8 Å². The van der Waals surface area contributed by atoms with Crippen LogP contribution in [0, 0.1) is 0 Å². The van der Waals surface area contributed by atoms with Crippen molar-refractivity contribution in [1.29, 1.82) is 0 Å². The smallest absolute Gasteiger partial charge is 0.251 e. The lowest BCUT2D eigenvalue weighted by Gasteiger charge is -2.13. The molecule has 0 fully saturated rings. The summed E-state index contributed by atoms with van der Waals surface area (Å²) >= 11 is 0. The van der Waals surface area contributed by atoms with Gasteiger partial charge in [0.15, 0.2) is 0 Å². The zero-order chi connectivity index (χ0) is 17.1. The first-order valence-electron chi connectivity index (χ1n) is 8.39. The van der Waals surface area contributed by atoms with E-state index in [1.807, 2.05) is 6.92 Å². The van der Waals surface area contributed by atoms with Crippen LogP contribution < -0.4 is 15.4 Å². The fourth-order valence-electron chi connectivity index (χ4n) is 2.09. The number of ether oxygens (including phenoxy) is 1. The molecule has 1 aromatic carbocycles. The van der Waals surface area contributed by atoms with Crippen LogP contribution in [-0.4, -0.2) is 31.0 Å². The summed E-state index contributed by atoms with van der Waals surface area (Å²) in [5.74, 6) is 0.306. The van der Waals surface area contributed by atoms with Crippen LogP contribution in [0.1, 0.15) is 56.8 Å². The molecule has 0 aromatic heterocycles. The van der Waals surface area contributed by atoms with E-state index in [4.69, 9.17) is 4.74 Å². The number of nitrogens with one attached hydrogen (secondary N) is 2. The van der Waals surface area contributed by atoms with Gasteiger partial charge in [-0.3, -0.25) is 9.59 Å². The Balaban J connectivity index is 2.43. The number of benzene rings is 1. The van der Waals surface area contributed by atoms with Crippen LogP contribution >= 0.6 is 0 Å². The molecule has 2 amide bonds. The van der Waals surface area contributed by atoms with Crippen molar-refractivity contribution < 1.29 is 14.3 Å². The normalized spacial score (nSPS) is 11.6. The predicted octanol–water partition coefficient (Wildman–Crippen LogP) is 2.90. The maximum Gasteiger partial charge on any atom is 0.251 e. The Bertz CT molecular complexity index is 486. The summed E-state index contributed by atoms with van der Waals surface area (Å²) in [5, 5.41) is 5.35. The van der Waals surface area contributed by atoms with Gasteiger partial charge in [0, 0.05) is 12.1 Å². The van der Waals surface area contributed by atoms with E-state index in [9.17, 15) is 9.59 Å². The van der Waals surface area contributed by atoms with Crippen molar-refractivity contribution in [3.8, 4) is 5.75 Å². The van der Waals surface area contributed by atoms with E-state index in [1.54, 1.807) is 31.2 Å². The number of unbranched alkanes of at least 4 members (excludes halogenated alkanes) is 3. The summed E-state index contributed by atoms with van der Waals surface area (Å²) in [5.41, 5.74) is 0.513. The first-order valence-corrected chi connectivity index (χ1v) is 8.39. The van der Waals surface area contributed by atoms with Gasteiger partial charge in [0.2, 0.25) is 5.91 Å². The Kier molecular flexibility index (Phi) is 8.80. The minimum Gasteiger partial charge on any atom is -0.494 e. The SMILES string of the molecule is CCCCCCOc1ccc(C(=O)N[C@H](C)C(=O)NCC)cc1. The van der Waals surface area contributed by atoms with Crippen LogP contribution in [0.2, 0.25) is 0 Å². The van der Waals surface area contributed by atoms with Gasteiger partial charge >= 0.3 is 0 Å². The van der Waals surface area contributed by atoms with Crippen molar-refractivity contribution in [2.75, 3.05) is 13.2 Å². The van der Waals surface area contributed by atoms with Crippen LogP contribution in [0.15, 0.2) is 24.3 Å². The van der Waals surface area contributed by atoms with Gasteiger partial charge in [-0.1, -0.05) is 26.2 Å². The average molecular weight is 320 g/mol. The third-order valence-corrected chi connectivity index (χ3v) is 3.48. The highest BCUT2D eigenvalue weighted by molar-refractivity contribution is 5.97. The highest BCUT2D eigenvalue weighted by atomic mass is 16.5. The van der Waals surface area contributed by atoms with Crippen LogP contribution in [0.5, 0.6) is 5.75 Å². The van der Waals surface area contributed by atoms with Crippen molar-refractivity contribution >= 4 is 11.8 Å². The molecule has 0 saturated carbocycles. The Hall–Kier alpha value is -2.04. The van der Waals surface area contributed by atoms with E-state index >= 15 is 0 Å². The second kappa shape index (κ2) is 10.6. The molecule has 5 heteroatoms. The fraction of sp³-hybridized carbons (Fsp3) is 0.556. The number of carbonyl (C=O) groups is 2. The second-order valence-corrected chi connectivity index (χ2v) is 5.52. The average Bonchev–Trinajstić information content (AvgIpc) is 2.55. The Labute approximate surface area is 138 Å². The molecular formula is C18H28N2O3. The molecule has 128 valence electrons. The summed E-state index contributed by atoms with van der Waals surface area (Å²) in [6.45, 7) is 6.92. The minimum atomic E-state index is -0.558. The fourth-order valence-corrected chi connectivity index (χ4v) is 2.09. The largest absolute Gasteiger partial charge is 0.494 e. The summed E-state index contributed by atoms with van der Waals surface area (Å²) in [7, 11) is 0. The molecule has 0 bridgehead atoms. The highest BCUT2D eigenvalue weighted by Gasteiger charge is 2.15. The van der Waals surface area contributed by atoms with Crippen LogP contribution in [0.25, 0.3) is 0 Å².